The molecule has 96 valence electrons. The lowest BCUT2D eigenvalue weighted by Crippen LogP contribution is -2.28. The van der Waals surface area contributed by atoms with Crippen molar-refractivity contribution in [1.82, 2.24) is 15.2 Å². The molecule has 0 aliphatic heterocycles. The lowest BCUT2D eigenvalue weighted by atomic mass is 10.0. The minimum absolute atomic E-state index is 0.158. The van der Waals surface area contributed by atoms with E-state index < -0.39 is 0 Å². The van der Waals surface area contributed by atoms with Crippen LogP contribution >= 0.6 is 0 Å². The van der Waals surface area contributed by atoms with Gasteiger partial charge in [0.1, 0.15) is 0 Å². The van der Waals surface area contributed by atoms with Crippen molar-refractivity contribution in [3.05, 3.63) is 53.9 Å². The van der Waals surface area contributed by atoms with Gasteiger partial charge in [0.05, 0.1) is 6.20 Å². The maximum atomic E-state index is 5.63. The summed E-state index contributed by atoms with van der Waals surface area (Å²) in [5.41, 5.74) is 5.36. The van der Waals surface area contributed by atoms with Gasteiger partial charge in [-0.1, -0.05) is 30.3 Å². The Morgan fingerprint density at radius 3 is 2.72 bits per heavy atom. The van der Waals surface area contributed by atoms with Crippen molar-refractivity contribution < 1.29 is 0 Å². The van der Waals surface area contributed by atoms with Crippen molar-refractivity contribution in [2.45, 2.75) is 32.4 Å². The number of nitrogens with two attached hydrogens (primary N) is 1. The van der Waals surface area contributed by atoms with Gasteiger partial charge in [0.2, 0.25) is 0 Å². The lowest BCUT2D eigenvalue weighted by Gasteiger charge is -2.13. The van der Waals surface area contributed by atoms with Crippen molar-refractivity contribution in [2.75, 3.05) is 0 Å². The fourth-order valence-corrected chi connectivity index (χ4v) is 2.03. The van der Waals surface area contributed by atoms with Crippen LogP contribution in [-0.2, 0) is 13.0 Å². The van der Waals surface area contributed by atoms with E-state index in [-0.39, 0.29) is 6.04 Å². The van der Waals surface area contributed by atoms with Crippen LogP contribution in [0, 0.1) is 0 Å². The topological polar surface area (TPSA) is 55.9 Å². The fraction of sp³-hybridized carbons (Fsp3) is 0.357. The van der Waals surface area contributed by atoms with Crippen molar-refractivity contribution in [2.24, 2.45) is 5.84 Å². The highest BCUT2D eigenvalue weighted by molar-refractivity contribution is 5.16. The zero-order valence-corrected chi connectivity index (χ0v) is 10.7. The Labute approximate surface area is 108 Å². The van der Waals surface area contributed by atoms with E-state index in [0.29, 0.717) is 0 Å². The van der Waals surface area contributed by atoms with Crippen molar-refractivity contribution in [1.29, 1.82) is 0 Å². The molecule has 1 heterocycles. The zero-order chi connectivity index (χ0) is 12.8. The second-order valence-electron chi connectivity index (χ2n) is 4.37. The van der Waals surface area contributed by atoms with Crippen molar-refractivity contribution in [3.63, 3.8) is 0 Å². The first-order chi connectivity index (χ1) is 8.83. The third kappa shape index (κ3) is 3.18. The van der Waals surface area contributed by atoms with Crippen molar-refractivity contribution >= 4 is 0 Å². The Hall–Kier alpha value is -1.65. The quantitative estimate of drug-likeness (QED) is 0.604. The first-order valence-electron chi connectivity index (χ1n) is 6.36. The average Bonchev–Trinajstić information content (AvgIpc) is 2.89. The van der Waals surface area contributed by atoms with Gasteiger partial charge in [-0.05, 0) is 25.3 Å². The van der Waals surface area contributed by atoms with Gasteiger partial charge < -0.3 is 0 Å². The van der Waals surface area contributed by atoms with Crippen LogP contribution in [0.1, 0.15) is 30.5 Å². The monoisotopic (exact) mass is 244 g/mol. The van der Waals surface area contributed by atoms with Crippen LogP contribution in [-0.4, -0.2) is 9.78 Å². The number of nitrogens with zero attached hydrogens (tertiary/aromatic N) is 2. The van der Waals surface area contributed by atoms with Crippen LogP contribution in [0.3, 0.4) is 0 Å². The molecule has 4 heteroatoms. The van der Waals surface area contributed by atoms with E-state index in [1.807, 2.05) is 16.9 Å². The van der Waals surface area contributed by atoms with Gasteiger partial charge in [0, 0.05) is 24.3 Å². The first kappa shape index (κ1) is 12.8. The third-order valence-corrected chi connectivity index (χ3v) is 3.15. The molecule has 1 aromatic carbocycles. The molecule has 2 aromatic rings. The summed E-state index contributed by atoms with van der Waals surface area (Å²) < 4.78 is 1.92. The second-order valence-corrected chi connectivity index (χ2v) is 4.37. The summed E-state index contributed by atoms with van der Waals surface area (Å²) in [7, 11) is 0. The van der Waals surface area contributed by atoms with Crippen LogP contribution in [0.2, 0.25) is 0 Å². The number of rotatable bonds is 6. The molecule has 1 aromatic heterocycles. The second kappa shape index (κ2) is 6.33. The lowest BCUT2D eigenvalue weighted by molar-refractivity contribution is 0.515. The van der Waals surface area contributed by atoms with Crippen LogP contribution in [0.15, 0.2) is 42.7 Å². The molecular weight excluding hydrogens is 224 g/mol. The van der Waals surface area contributed by atoms with Crippen LogP contribution < -0.4 is 11.3 Å². The average molecular weight is 244 g/mol. The molecular formula is C14H20N4. The van der Waals surface area contributed by atoms with Gasteiger partial charge >= 0.3 is 0 Å². The normalized spacial score (nSPS) is 12.6. The highest BCUT2D eigenvalue weighted by atomic mass is 15.3. The summed E-state index contributed by atoms with van der Waals surface area (Å²) in [5.74, 6) is 5.63. The highest BCUT2D eigenvalue weighted by Gasteiger charge is 2.11. The molecule has 18 heavy (non-hydrogen) atoms. The summed E-state index contributed by atoms with van der Waals surface area (Å²) in [4.78, 5) is 0. The van der Waals surface area contributed by atoms with Gasteiger partial charge in [0.15, 0.2) is 0 Å². The minimum atomic E-state index is 0.158. The predicted molar refractivity (Wildman–Crippen MR) is 72.7 cm³/mol. The SMILES string of the molecule is CCn1cc(C(CCc2ccccc2)NN)cn1. The maximum Gasteiger partial charge on any atom is 0.0538 e. The van der Waals surface area contributed by atoms with Gasteiger partial charge in [-0.25, -0.2) is 0 Å². The molecule has 0 amide bonds. The molecule has 0 saturated carbocycles. The van der Waals surface area contributed by atoms with E-state index >= 15 is 0 Å². The number of hydrazine groups is 1. The fourth-order valence-electron chi connectivity index (χ4n) is 2.03. The molecule has 0 fully saturated rings. The van der Waals surface area contributed by atoms with E-state index in [1.165, 1.54) is 5.56 Å². The van der Waals surface area contributed by atoms with E-state index in [1.54, 1.807) is 0 Å². The molecule has 1 atom stereocenters. The number of hydrogen-bond donors (Lipinski definition) is 2. The van der Waals surface area contributed by atoms with Crippen LogP contribution in [0.4, 0.5) is 0 Å². The van der Waals surface area contributed by atoms with Gasteiger partial charge in [-0.3, -0.25) is 16.0 Å². The Morgan fingerprint density at radius 1 is 1.33 bits per heavy atom. The molecule has 0 saturated heterocycles. The van der Waals surface area contributed by atoms with E-state index in [2.05, 4.69) is 47.9 Å². The minimum Gasteiger partial charge on any atom is -0.273 e. The van der Waals surface area contributed by atoms with Crippen LogP contribution in [0.25, 0.3) is 0 Å². The summed E-state index contributed by atoms with van der Waals surface area (Å²) in [5, 5.41) is 4.28. The number of aryl methyl sites for hydroxylation is 2. The van der Waals surface area contributed by atoms with Gasteiger partial charge in [-0.15, -0.1) is 0 Å². The van der Waals surface area contributed by atoms with Gasteiger partial charge in [-0.2, -0.15) is 5.10 Å². The van der Waals surface area contributed by atoms with E-state index in [0.717, 1.165) is 24.9 Å². The van der Waals surface area contributed by atoms with Crippen molar-refractivity contribution in [3.8, 4) is 0 Å². The summed E-state index contributed by atoms with van der Waals surface area (Å²) in [6, 6.07) is 10.6. The van der Waals surface area contributed by atoms with E-state index in [4.69, 9.17) is 5.84 Å². The molecule has 0 spiro atoms. The third-order valence-electron chi connectivity index (χ3n) is 3.15. The Bertz CT molecular complexity index is 464. The Balaban J connectivity index is 1.97. The molecule has 1 unspecified atom stereocenters. The number of hydrogen-bond acceptors (Lipinski definition) is 3. The number of benzene rings is 1. The number of aromatic nitrogens is 2. The molecule has 0 bridgehead atoms. The number of nitrogens with one attached hydrogen (secondary N) is 1. The standard InChI is InChI=1S/C14H20N4/c1-2-18-11-13(10-16-18)14(17-15)9-8-12-6-4-3-5-7-12/h3-7,10-11,14,17H,2,8-9,15H2,1H3. The summed E-state index contributed by atoms with van der Waals surface area (Å²) in [6.07, 6.45) is 5.91. The molecule has 4 nitrogen and oxygen atoms in total. The van der Waals surface area contributed by atoms with Crippen LogP contribution in [0.5, 0.6) is 0 Å². The zero-order valence-electron chi connectivity index (χ0n) is 10.7. The molecule has 2 rings (SSSR count). The predicted octanol–water partition coefficient (Wildman–Crippen LogP) is 2.04. The first-order valence-corrected chi connectivity index (χ1v) is 6.36. The largest absolute Gasteiger partial charge is 0.273 e. The Kier molecular flexibility index (Phi) is 4.50. The maximum absolute atomic E-state index is 5.63. The summed E-state index contributed by atoms with van der Waals surface area (Å²) >= 11 is 0. The van der Waals surface area contributed by atoms with E-state index in [9.17, 15) is 0 Å². The molecule has 3 N–H and O–H groups in total. The smallest absolute Gasteiger partial charge is 0.0538 e. The molecule has 0 aliphatic carbocycles. The highest BCUT2D eigenvalue weighted by Crippen LogP contribution is 2.17. The molecule has 0 radical (unpaired) electrons. The van der Waals surface area contributed by atoms with Gasteiger partial charge in [0.25, 0.3) is 0 Å². The molecule has 0 aliphatic rings. The Morgan fingerprint density at radius 2 is 2.11 bits per heavy atom. The summed E-state index contributed by atoms with van der Waals surface area (Å²) in [6.45, 7) is 2.96.